The lowest BCUT2D eigenvalue weighted by atomic mass is 9.67. The highest BCUT2D eigenvalue weighted by Gasteiger charge is 2.47. The van der Waals surface area contributed by atoms with Crippen LogP contribution >= 0.6 is 0 Å². The van der Waals surface area contributed by atoms with E-state index in [0.29, 0.717) is 17.5 Å². The molecule has 2 aliphatic carbocycles. The van der Waals surface area contributed by atoms with Gasteiger partial charge < -0.3 is 0 Å². The minimum absolute atomic E-state index is 0.104. The number of nitrogens with zero attached hydrogens (tertiary/aromatic N) is 3. The van der Waals surface area contributed by atoms with E-state index in [2.05, 4.69) is 191 Å². The maximum Gasteiger partial charge on any atom is 0.164 e. The van der Waals surface area contributed by atoms with Gasteiger partial charge in [-0.15, -0.1) is 0 Å². The Morgan fingerprint density at radius 3 is 1.16 bits per heavy atom. The molecule has 8 aromatic carbocycles. The molecule has 0 aliphatic heterocycles. The molecule has 11 rings (SSSR count). The summed E-state index contributed by atoms with van der Waals surface area (Å²) in [6, 6.07) is 70.9. The monoisotopic (exact) mass is 813 g/mol. The van der Waals surface area contributed by atoms with E-state index in [0.717, 1.165) is 16.7 Å². The van der Waals surface area contributed by atoms with Crippen LogP contribution < -0.4 is 5.19 Å². The highest BCUT2D eigenvalue weighted by molar-refractivity contribution is 6.88. The summed E-state index contributed by atoms with van der Waals surface area (Å²) in [5.41, 5.74) is 17.5. The molecule has 0 unspecified atom stereocenters. The molecule has 1 heterocycles. The molecule has 0 bridgehead atoms. The topological polar surface area (TPSA) is 38.7 Å². The van der Waals surface area contributed by atoms with Crippen LogP contribution in [-0.2, 0) is 10.8 Å². The molecule has 0 atom stereocenters. The van der Waals surface area contributed by atoms with E-state index in [1.54, 1.807) is 0 Å². The van der Waals surface area contributed by atoms with E-state index < -0.39 is 13.5 Å². The number of hydrogen-bond donors (Lipinski definition) is 0. The Morgan fingerprint density at radius 1 is 0.339 bits per heavy atom. The van der Waals surface area contributed by atoms with Gasteiger partial charge in [0.2, 0.25) is 0 Å². The van der Waals surface area contributed by atoms with Gasteiger partial charge >= 0.3 is 0 Å². The lowest BCUT2D eigenvalue weighted by molar-refractivity contribution is 0.661. The number of fused-ring (bicyclic) bond motifs is 6. The smallest absolute Gasteiger partial charge is 0.164 e. The Bertz CT molecular complexity index is 3070. The molecule has 0 N–H and O–H groups in total. The zero-order chi connectivity index (χ0) is 42.2. The van der Waals surface area contributed by atoms with Crippen LogP contribution in [0.25, 0.3) is 67.5 Å². The van der Waals surface area contributed by atoms with Gasteiger partial charge in [-0.2, -0.15) is 0 Å². The molecule has 3 nitrogen and oxygen atoms in total. The predicted octanol–water partition coefficient (Wildman–Crippen LogP) is 13.8. The van der Waals surface area contributed by atoms with Crippen molar-refractivity contribution in [1.29, 1.82) is 0 Å². The molecule has 0 amide bonds. The first kappa shape index (κ1) is 37.9. The van der Waals surface area contributed by atoms with Gasteiger partial charge in [-0.1, -0.05) is 215 Å². The highest BCUT2D eigenvalue weighted by Crippen LogP contribution is 2.58. The molecule has 62 heavy (non-hydrogen) atoms. The van der Waals surface area contributed by atoms with E-state index in [-0.39, 0.29) is 5.41 Å². The zero-order valence-electron chi connectivity index (χ0n) is 35.8. The molecule has 298 valence electrons. The summed E-state index contributed by atoms with van der Waals surface area (Å²) in [5.74, 6) is 1.95. The van der Waals surface area contributed by atoms with Gasteiger partial charge in [-0.25, -0.2) is 15.0 Å². The number of rotatable bonds is 7. The van der Waals surface area contributed by atoms with Crippen molar-refractivity contribution in [3.63, 3.8) is 0 Å². The first-order valence-corrected chi connectivity index (χ1v) is 25.2. The van der Waals surface area contributed by atoms with Crippen LogP contribution in [0.5, 0.6) is 0 Å². The lowest BCUT2D eigenvalue weighted by Crippen LogP contribution is -2.38. The average Bonchev–Trinajstić information content (AvgIpc) is 3.73. The van der Waals surface area contributed by atoms with Crippen LogP contribution in [0.2, 0.25) is 19.6 Å². The first-order valence-electron chi connectivity index (χ1n) is 21.7. The summed E-state index contributed by atoms with van der Waals surface area (Å²) in [5, 5.41) is 1.51. The summed E-state index contributed by atoms with van der Waals surface area (Å²) in [7, 11) is -1.48. The van der Waals surface area contributed by atoms with Gasteiger partial charge in [0.15, 0.2) is 17.5 Å². The van der Waals surface area contributed by atoms with Crippen molar-refractivity contribution in [2.24, 2.45) is 0 Å². The van der Waals surface area contributed by atoms with E-state index >= 15 is 0 Å². The van der Waals surface area contributed by atoms with Crippen molar-refractivity contribution in [1.82, 2.24) is 15.0 Å². The van der Waals surface area contributed by atoms with Crippen LogP contribution in [0.1, 0.15) is 47.2 Å². The fourth-order valence-corrected chi connectivity index (χ4v) is 11.3. The molecule has 9 aromatic rings. The standard InChI is InChI=1S/C58H47N3Si/c1-57(2)50-34-40(26-30-46(50)47-33-29-45(37-51(47)57)62(3,4)5)41-27-31-48-49-32-28-42(56-60-54(38-18-10-6-11-19-38)59-55(61-56)39-20-12-7-13-21-39)36-53(49)58(52(48)35-41,43-22-14-8-15-23-43)44-24-16-9-17-25-44/h6-37H,1-5H3. The van der Waals surface area contributed by atoms with Gasteiger partial charge in [-0.05, 0) is 85.0 Å². The fraction of sp³-hybridized carbons (Fsp3) is 0.121. The average molecular weight is 814 g/mol. The number of benzene rings is 8. The van der Waals surface area contributed by atoms with Gasteiger partial charge in [0.25, 0.3) is 0 Å². The van der Waals surface area contributed by atoms with E-state index in [1.807, 2.05) is 36.4 Å². The minimum Gasteiger partial charge on any atom is -0.208 e. The van der Waals surface area contributed by atoms with E-state index in [4.69, 9.17) is 15.0 Å². The first-order chi connectivity index (χ1) is 30.1. The minimum atomic E-state index is -1.48. The van der Waals surface area contributed by atoms with Crippen molar-refractivity contribution < 1.29 is 0 Å². The second kappa shape index (κ2) is 14.3. The third-order valence-electron chi connectivity index (χ3n) is 13.4. The maximum absolute atomic E-state index is 5.17. The molecular formula is C58H47N3Si. The van der Waals surface area contributed by atoms with Crippen molar-refractivity contribution in [3.8, 4) is 67.5 Å². The molecule has 2 aliphatic rings. The van der Waals surface area contributed by atoms with E-state index in [9.17, 15) is 0 Å². The number of aromatic nitrogens is 3. The number of hydrogen-bond acceptors (Lipinski definition) is 3. The lowest BCUT2D eigenvalue weighted by Gasteiger charge is -2.34. The highest BCUT2D eigenvalue weighted by atomic mass is 28.3. The summed E-state index contributed by atoms with van der Waals surface area (Å²) in [6.45, 7) is 12.1. The molecular weight excluding hydrogens is 767 g/mol. The summed E-state index contributed by atoms with van der Waals surface area (Å²) < 4.78 is 0. The second-order valence-electron chi connectivity index (χ2n) is 18.4. The molecule has 4 heteroatoms. The van der Waals surface area contributed by atoms with Crippen molar-refractivity contribution in [2.75, 3.05) is 0 Å². The van der Waals surface area contributed by atoms with Crippen LogP contribution in [0.15, 0.2) is 194 Å². The predicted molar refractivity (Wildman–Crippen MR) is 259 cm³/mol. The molecule has 0 spiro atoms. The molecule has 0 fully saturated rings. The Morgan fingerprint density at radius 2 is 0.694 bits per heavy atom. The van der Waals surface area contributed by atoms with E-state index in [1.165, 1.54) is 71.9 Å². The Kier molecular flexibility index (Phi) is 8.75. The largest absolute Gasteiger partial charge is 0.208 e. The third kappa shape index (κ3) is 5.96. The normalized spacial score (nSPS) is 14.1. The van der Waals surface area contributed by atoms with Gasteiger partial charge in [0.05, 0.1) is 13.5 Å². The Hall–Kier alpha value is -7.01. The summed E-state index contributed by atoms with van der Waals surface area (Å²) in [4.78, 5) is 15.3. The van der Waals surface area contributed by atoms with Crippen LogP contribution in [-0.4, -0.2) is 23.0 Å². The second-order valence-corrected chi connectivity index (χ2v) is 23.5. The Balaban J connectivity index is 1.11. The van der Waals surface area contributed by atoms with Gasteiger partial charge in [0, 0.05) is 22.1 Å². The van der Waals surface area contributed by atoms with Crippen molar-refractivity contribution in [2.45, 2.75) is 44.3 Å². The zero-order valence-corrected chi connectivity index (χ0v) is 36.8. The fourth-order valence-electron chi connectivity index (χ4n) is 10.1. The quantitative estimate of drug-likeness (QED) is 0.150. The van der Waals surface area contributed by atoms with Crippen LogP contribution in [0, 0.1) is 0 Å². The molecule has 0 radical (unpaired) electrons. The Labute approximate surface area is 365 Å². The van der Waals surface area contributed by atoms with Crippen molar-refractivity contribution >= 4 is 13.3 Å². The SMILES string of the molecule is CC1(C)c2cc(-c3ccc4c(c3)C(c3ccccc3)(c3ccccc3)c3cc(-c5nc(-c6ccccc6)nc(-c6ccccc6)n5)ccc3-4)ccc2-c2ccc([Si](C)(C)C)cc21. The van der Waals surface area contributed by atoms with Gasteiger partial charge in [-0.3, -0.25) is 0 Å². The summed E-state index contributed by atoms with van der Waals surface area (Å²) >= 11 is 0. The van der Waals surface area contributed by atoms with Crippen LogP contribution in [0.4, 0.5) is 0 Å². The molecule has 0 saturated heterocycles. The van der Waals surface area contributed by atoms with Crippen LogP contribution in [0.3, 0.4) is 0 Å². The third-order valence-corrected chi connectivity index (χ3v) is 15.4. The summed E-state index contributed by atoms with van der Waals surface area (Å²) in [6.07, 6.45) is 0. The van der Waals surface area contributed by atoms with Crippen molar-refractivity contribution in [3.05, 3.63) is 228 Å². The van der Waals surface area contributed by atoms with Gasteiger partial charge in [0.1, 0.15) is 0 Å². The molecule has 0 saturated carbocycles. The maximum atomic E-state index is 5.17. The molecule has 1 aromatic heterocycles.